The van der Waals surface area contributed by atoms with E-state index in [2.05, 4.69) is 23.2 Å². The highest BCUT2D eigenvalue weighted by Crippen LogP contribution is 2.39. The van der Waals surface area contributed by atoms with Gasteiger partial charge in [0.05, 0.1) is 12.1 Å². The normalized spacial score (nSPS) is 26.0. The first kappa shape index (κ1) is 13.5. The molecule has 0 saturated heterocycles. The van der Waals surface area contributed by atoms with Crippen LogP contribution in [0.25, 0.3) is 10.9 Å². The molecular formula is C15H18N2O2S. The Bertz CT molecular complexity index is 607. The van der Waals surface area contributed by atoms with Crippen molar-refractivity contribution in [3.8, 4) is 0 Å². The predicted molar refractivity (Wildman–Crippen MR) is 80.7 cm³/mol. The van der Waals surface area contributed by atoms with Crippen molar-refractivity contribution in [3.05, 3.63) is 30.3 Å². The van der Waals surface area contributed by atoms with Crippen molar-refractivity contribution < 1.29 is 9.53 Å². The first-order chi connectivity index (χ1) is 9.60. The second kappa shape index (κ2) is 5.14. The molecular weight excluding hydrogens is 272 g/mol. The van der Waals surface area contributed by atoms with E-state index in [0.29, 0.717) is 18.1 Å². The van der Waals surface area contributed by atoms with Crippen LogP contribution in [0.5, 0.6) is 0 Å². The van der Waals surface area contributed by atoms with E-state index < -0.39 is 5.54 Å². The highest BCUT2D eigenvalue weighted by atomic mass is 32.2. The molecule has 1 aromatic carbocycles. The van der Waals surface area contributed by atoms with E-state index in [1.807, 2.05) is 12.1 Å². The fourth-order valence-electron chi connectivity index (χ4n) is 2.81. The first-order valence-corrected chi connectivity index (χ1v) is 7.60. The van der Waals surface area contributed by atoms with Gasteiger partial charge in [0.25, 0.3) is 0 Å². The van der Waals surface area contributed by atoms with E-state index in [1.165, 1.54) is 12.5 Å². The number of aromatic nitrogens is 1. The smallest absolute Gasteiger partial charge is 0.325 e. The molecule has 1 aliphatic carbocycles. The monoisotopic (exact) mass is 290 g/mol. The lowest BCUT2D eigenvalue weighted by molar-refractivity contribution is -0.146. The Morgan fingerprint density at radius 1 is 1.50 bits per heavy atom. The Balaban J connectivity index is 1.71. The molecule has 106 valence electrons. The maximum atomic E-state index is 11.7. The Morgan fingerprint density at radius 2 is 2.30 bits per heavy atom. The third-order valence-corrected chi connectivity index (χ3v) is 5.10. The number of para-hydroxylation sites is 1. The van der Waals surface area contributed by atoms with Gasteiger partial charge in [0.2, 0.25) is 0 Å². The minimum atomic E-state index is -0.807. The molecule has 0 aliphatic heterocycles. The molecule has 0 amide bonds. The molecule has 1 saturated carbocycles. The summed E-state index contributed by atoms with van der Waals surface area (Å²) in [6.45, 7) is 0. The van der Waals surface area contributed by atoms with E-state index in [1.54, 1.807) is 11.8 Å². The van der Waals surface area contributed by atoms with E-state index in [9.17, 15) is 4.79 Å². The fourth-order valence-corrected chi connectivity index (χ4v) is 4.15. The summed E-state index contributed by atoms with van der Waals surface area (Å²) in [5, 5.41) is 2.69. The molecule has 1 aliphatic rings. The first-order valence-electron chi connectivity index (χ1n) is 6.72. The van der Waals surface area contributed by atoms with Crippen LogP contribution >= 0.6 is 11.8 Å². The van der Waals surface area contributed by atoms with Crippen molar-refractivity contribution in [3.63, 3.8) is 0 Å². The quantitative estimate of drug-likeness (QED) is 0.853. The molecule has 1 fully saturated rings. The summed E-state index contributed by atoms with van der Waals surface area (Å²) in [5.41, 5.74) is 6.47. The molecule has 0 spiro atoms. The number of methoxy groups -OCH3 is 1. The Kier molecular flexibility index (Phi) is 3.48. The van der Waals surface area contributed by atoms with Crippen LogP contribution in [-0.2, 0) is 9.53 Å². The number of rotatable bonds is 3. The SMILES string of the molecule is COC(=O)C1(N)CCC(Sc2cc3ccccc3[nH]2)C1. The number of aromatic amines is 1. The van der Waals surface area contributed by atoms with Crippen LogP contribution in [0.15, 0.2) is 35.4 Å². The molecule has 3 N–H and O–H groups in total. The fraction of sp³-hybridized carbons (Fsp3) is 0.400. The number of hydrogen-bond donors (Lipinski definition) is 2. The third-order valence-electron chi connectivity index (χ3n) is 3.90. The zero-order valence-corrected chi connectivity index (χ0v) is 12.2. The van der Waals surface area contributed by atoms with Crippen molar-refractivity contribution in [2.45, 2.75) is 35.1 Å². The summed E-state index contributed by atoms with van der Waals surface area (Å²) in [4.78, 5) is 15.1. The Morgan fingerprint density at radius 3 is 3.05 bits per heavy atom. The molecule has 20 heavy (non-hydrogen) atoms. The van der Waals surface area contributed by atoms with Gasteiger partial charge in [-0.3, -0.25) is 4.79 Å². The molecule has 2 unspecified atom stereocenters. The lowest BCUT2D eigenvalue weighted by Crippen LogP contribution is -2.46. The number of esters is 1. The van der Waals surface area contributed by atoms with Gasteiger partial charge in [0, 0.05) is 16.2 Å². The number of nitrogens with one attached hydrogen (secondary N) is 1. The summed E-state index contributed by atoms with van der Waals surface area (Å²) in [6, 6.07) is 10.4. The minimum absolute atomic E-state index is 0.294. The van der Waals surface area contributed by atoms with Gasteiger partial charge in [0.1, 0.15) is 5.54 Å². The molecule has 5 heteroatoms. The number of H-pyrrole nitrogens is 1. The zero-order valence-electron chi connectivity index (χ0n) is 11.4. The van der Waals surface area contributed by atoms with Gasteiger partial charge in [0.15, 0.2) is 0 Å². The van der Waals surface area contributed by atoms with Gasteiger partial charge in [-0.15, -0.1) is 11.8 Å². The predicted octanol–water partition coefficient (Wildman–Crippen LogP) is 2.68. The number of fused-ring (bicyclic) bond motifs is 1. The Labute approximate surface area is 122 Å². The number of ether oxygens (including phenoxy) is 1. The number of thioether (sulfide) groups is 1. The molecule has 0 radical (unpaired) electrons. The number of hydrogen-bond acceptors (Lipinski definition) is 4. The van der Waals surface area contributed by atoms with Gasteiger partial charge in [-0.05, 0) is 31.4 Å². The summed E-state index contributed by atoms with van der Waals surface area (Å²) in [5.74, 6) is -0.294. The summed E-state index contributed by atoms with van der Waals surface area (Å²) < 4.78 is 4.80. The van der Waals surface area contributed by atoms with Crippen molar-refractivity contribution >= 4 is 28.6 Å². The van der Waals surface area contributed by atoms with Crippen LogP contribution in [0.2, 0.25) is 0 Å². The van der Waals surface area contributed by atoms with Gasteiger partial charge in [-0.1, -0.05) is 18.2 Å². The van der Waals surface area contributed by atoms with Crippen molar-refractivity contribution in [2.24, 2.45) is 5.73 Å². The molecule has 3 rings (SSSR count). The van der Waals surface area contributed by atoms with Crippen molar-refractivity contribution in [1.82, 2.24) is 4.98 Å². The zero-order chi connectivity index (χ0) is 14.2. The number of benzene rings is 1. The average molecular weight is 290 g/mol. The van der Waals surface area contributed by atoms with Crippen LogP contribution in [0.1, 0.15) is 19.3 Å². The largest absolute Gasteiger partial charge is 0.468 e. The maximum Gasteiger partial charge on any atom is 0.325 e. The topological polar surface area (TPSA) is 68.1 Å². The Hall–Kier alpha value is -1.46. The summed E-state index contributed by atoms with van der Waals surface area (Å²) in [6.07, 6.45) is 2.29. The molecule has 4 nitrogen and oxygen atoms in total. The van der Waals surface area contributed by atoms with E-state index in [0.717, 1.165) is 17.0 Å². The molecule has 1 heterocycles. The van der Waals surface area contributed by atoms with Crippen LogP contribution in [0.3, 0.4) is 0 Å². The third kappa shape index (κ3) is 2.43. The highest BCUT2D eigenvalue weighted by Gasteiger charge is 2.43. The van der Waals surface area contributed by atoms with Crippen molar-refractivity contribution in [1.29, 1.82) is 0 Å². The van der Waals surface area contributed by atoms with Crippen molar-refractivity contribution in [2.75, 3.05) is 7.11 Å². The van der Waals surface area contributed by atoms with Crippen LogP contribution < -0.4 is 5.73 Å². The average Bonchev–Trinajstić information content (AvgIpc) is 3.02. The molecule has 1 aromatic heterocycles. The van der Waals surface area contributed by atoms with Gasteiger partial charge < -0.3 is 15.5 Å². The van der Waals surface area contributed by atoms with Gasteiger partial charge in [-0.2, -0.15) is 0 Å². The number of carbonyl (C=O) groups is 1. The van der Waals surface area contributed by atoms with Gasteiger partial charge in [-0.25, -0.2) is 0 Å². The van der Waals surface area contributed by atoms with E-state index in [-0.39, 0.29) is 5.97 Å². The van der Waals surface area contributed by atoms with Crippen LogP contribution in [-0.4, -0.2) is 28.9 Å². The number of carbonyl (C=O) groups excluding carboxylic acids is 1. The van der Waals surface area contributed by atoms with Gasteiger partial charge >= 0.3 is 5.97 Å². The lowest BCUT2D eigenvalue weighted by Gasteiger charge is -2.20. The van der Waals surface area contributed by atoms with Crippen LogP contribution in [0, 0.1) is 0 Å². The molecule has 2 aromatic rings. The number of nitrogens with two attached hydrogens (primary N) is 1. The van der Waals surface area contributed by atoms with Crippen LogP contribution in [0.4, 0.5) is 0 Å². The second-order valence-electron chi connectivity index (χ2n) is 5.35. The maximum absolute atomic E-state index is 11.7. The van der Waals surface area contributed by atoms with E-state index >= 15 is 0 Å². The summed E-state index contributed by atoms with van der Waals surface area (Å²) in [7, 11) is 1.40. The molecule has 2 atom stereocenters. The highest BCUT2D eigenvalue weighted by molar-refractivity contribution is 7.99. The molecule has 0 bridgehead atoms. The summed E-state index contributed by atoms with van der Waals surface area (Å²) >= 11 is 1.76. The van der Waals surface area contributed by atoms with E-state index in [4.69, 9.17) is 10.5 Å². The minimum Gasteiger partial charge on any atom is -0.468 e. The second-order valence-corrected chi connectivity index (χ2v) is 6.69. The lowest BCUT2D eigenvalue weighted by atomic mass is 10.00. The standard InChI is InChI=1S/C15H18N2O2S/c1-19-14(18)15(16)7-6-11(9-15)20-13-8-10-4-2-3-5-12(10)17-13/h2-5,8,11,17H,6-7,9,16H2,1H3.